The van der Waals surface area contributed by atoms with E-state index in [1.807, 2.05) is 30.9 Å². The van der Waals surface area contributed by atoms with E-state index in [9.17, 15) is 4.79 Å². The molecule has 18 heavy (non-hydrogen) atoms. The Balaban J connectivity index is 1.81. The third kappa shape index (κ3) is 3.99. The number of amides is 1. The van der Waals surface area contributed by atoms with Crippen LogP contribution in [-0.2, 0) is 11.3 Å². The van der Waals surface area contributed by atoms with Crippen LogP contribution >= 0.6 is 11.8 Å². The summed E-state index contributed by atoms with van der Waals surface area (Å²) in [5.74, 6) is 2.39. The highest BCUT2D eigenvalue weighted by Gasteiger charge is 2.18. The molecule has 1 aliphatic heterocycles. The van der Waals surface area contributed by atoms with Crippen LogP contribution in [0.2, 0.25) is 0 Å². The van der Waals surface area contributed by atoms with Crippen LogP contribution in [0.4, 0.5) is 0 Å². The Morgan fingerprint density at radius 3 is 3.00 bits per heavy atom. The van der Waals surface area contributed by atoms with Gasteiger partial charge in [-0.1, -0.05) is 0 Å². The van der Waals surface area contributed by atoms with Gasteiger partial charge < -0.3 is 10.2 Å². The Labute approximate surface area is 112 Å². The molecule has 1 saturated heterocycles. The fourth-order valence-electron chi connectivity index (χ4n) is 1.97. The van der Waals surface area contributed by atoms with Crippen molar-refractivity contribution in [2.75, 3.05) is 25.1 Å². The molecule has 2 rings (SSSR count). The summed E-state index contributed by atoms with van der Waals surface area (Å²) in [5.41, 5.74) is 1.12. The number of nitrogens with zero attached hydrogens (tertiary/aromatic N) is 2. The molecule has 2 heterocycles. The van der Waals surface area contributed by atoms with Crippen molar-refractivity contribution in [2.45, 2.75) is 19.0 Å². The van der Waals surface area contributed by atoms with E-state index in [-0.39, 0.29) is 5.91 Å². The summed E-state index contributed by atoms with van der Waals surface area (Å²) in [6.07, 6.45) is 4.11. The van der Waals surface area contributed by atoms with Gasteiger partial charge in [-0.3, -0.25) is 9.78 Å². The van der Waals surface area contributed by atoms with Gasteiger partial charge in [-0.25, -0.2) is 0 Å². The lowest BCUT2D eigenvalue weighted by molar-refractivity contribution is -0.130. The predicted molar refractivity (Wildman–Crippen MR) is 74.4 cm³/mol. The van der Waals surface area contributed by atoms with Crippen LogP contribution in [-0.4, -0.2) is 46.9 Å². The number of aromatic nitrogens is 1. The molecule has 1 aromatic heterocycles. The molecule has 4 nitrogen and oxygen atoms in total. The van der Waals surface area contributed by atoms with Crippen molar-refractivity contribution in [1.82, 2.24) is 15.2 Å². The standard InChI is InChI=1S/C13H19N3OS/c1-16(9-11-2-4-14-5-3-11)13(17)8-12-10-18-7-6-15-12/h2-5,12,15H,6-10H2,1H3. The van der Waals surface area contributed by atoms with Gasteiger partial charge in [0, 0.05) is 56.5 Å². The lowest BCUT2D eigenvalue weighted by atomic mass is 10.2. The van der Waals surface area contributed by atoms with Gasteiger partial charge in [-0.05, 0) is 17.7 Å². The van der Waals surface area contributed by atoms with Crippen molar-refractivity contribution in [3.05, 3.63) is 30.1 Å². The SMILES string of the molecule is CN(Cc1ccncc1)C(=O)CC1CSCCN1. The third-order valence-corrected chi connectivity index (χ3v) is 4.15. The second kappa shape index (κ2) is 6.75. The lowest BCUT2D eigenvalue weighted by Gasteiger charge is -2.25. The number of nitrogens with one attached hydrogen (secondary N) is 1. The largest absolute Gasteiger partial charge is 0.341 e. The minimum Gasteiger partial charge on any atom is -0.341 e. The number of hydrogen-bond acceptors (Lipinski definition) is 4. The predicted octanol–water partition coefficient (Wildman–Crippen LogP) is 1.14. The van der Waals surface area contributed by atoms with E-state index in [2.05, 4.69) is 10.3 Å². The molecule has 0 spiro atoms. The van der Waals surface area contributed by atoms with Gasteiger partial charge in [0.25, 0.3) is 0 Å². The van der Waals surface area contributed by atoms with Crippen molar-refractivity contribution in [3.63, 3.8) is 0 Å². The Morgan fingerprint density at radius 1 is 1.56 bits per heavy atom. The lowest BCUT2D eigenvalue weighted by Crippen LogP contribution is -2.41. The Kier molecular flexibility index (Phi) is 5.01. The molecule has 1 fully saturated rings. The third-order valence-electron chi connectivity index (χ3n) is 3.01. The maximum Gasteiger partial charge on any atom is 0.224 e. The van der Waals surface area contributed by atoms with Crippen molar-refractivity contribution in [1.29, 1.82) is 0 Å². The molecule has 0 aliphatic carbocycles. The first kappa shape index (κ1) is 13.4. The molecule has 1 aliphatic rings. The zero-order valence-electron chi connectivity index (χ0n) is 10.6. The highest BCUT2D eigenvalue weighted by molar-refractivity contribution is 7.99. The van der Waals surface area contributed by atoms with E-state index >= 15 is 0 Å². The summed E-state index contributed by atoms with van der Waals surface area (Å²) in [5, 5.41) is 3.39. The average molecular weight is 265 g/mol. The molecule has 1 atom stereocenters. The maximum absolute atomic E-state index is 12.1. The maximum atomic E-state index is 12.1. The fraction of sp³-hybridized carbons (Fsp3) is 0.538. The highest BCUT2D eigenvalue weighted by atomic mass is 32.2. The van der Waals surface area contributed by atoms with E-state index < -0.39 is 0 Å². The van der Waals surface area contributed by atoms with Gasteiger partial charge in [0.05, 0.1) is 0 Å². The molecule has 1 aromatic rings. The number of thioether (sulfide) groups is 1. The van der Waals surface area contributed by atoms with E-state index in [0.717, 1.165) is 23.6 Å². The molecular formula is C13H19N3OS. The highest BCUT2D eigenvalue weighted by Crippen LogP contribution is 2.12. The fourth-order valence-corrected chi connectivity index (χ4v) is 2.92. The molecule has 0 saturated carbocycles. The van der Waals surface area contributed by atoms with E-state index in [4.69, 9.17) is 0 Å². The van der Waals surface area contributed by atoms with Crippen LogP contribution in [0.15, 0.2) is 24.5 Å². The van der Waals surface area contributed by atoms with Gasteiger partial charge >= 0.3 is 0 Å². The minimum atomic E-state index is 0.201. The molecule has 0 bridgehead atoms. The van der Waals surface area contributed by atoms with Crippen molar-refractivity contribution in [2.24, 2.45) is 0 Å². The Bertz CT molecular complexity index is 379. The smallest absolute Gasteiger partial charge is 0.224 e. The summed E-state index contributed by atoms with van der Waals surface area (Å²) < 4.78 is 0. The van der Waals surface area contributed by atoms with E-state index in [1.165, 1.54) is 0 Å². The molecule has 0 aromatic carbocycles. The average Bonchev–Trinajstić information content (AvgIpc) is 2.41. The first-order chi connectivity index (χ1) is 8.75. The molecular weight excluding hydrogens is 246 g/mol. The second-order valence-corrected chi connectivity index (χ2v) is 5.69. The zero-order valence-corrected chi connectivity index (χ0v) is 11.4. The van der Waals surface area contributed by atoms with Gasteiger partial charge in [-0.2, -0.15) is 11.8 Å². The van der Waals surface area contributed by atoms with Crippen LogP contribution in [0.5, 0.6) is 0 Å². The summed E-state index contributed by atoms with van der Waals surface area (Å²) in [4.78, 5) is 17.8. The van der Waals surface area contributed by atoms with E-state index in [1.54, 1.807) is 17.3 Å². The molecule has 5 heteroatoms. The van der Waals surface area contributed by atoms with Crippen LogP contribution in [0, 0.1) is 0 Å². The first-order valence-corrected chi connectivity index (χ1v) is 7.35. The van der Waals surface area contributed by atoms with Gasteiger partial charge in [0.1, 0.15) is 0 Å². The molecule has 0 radical (unpaired) electrons. The quantitative estimate of drug-likeness (QED) is 0.886. The normalized spacial score (nSPS) is 19.5. The Hall–Kier alpha value is -1.07. The number of carbonyl (C=O) groups excluding carboxylic acids is 1. The minimum absolute atomic E-state index is 0.201. The van der Waals surface area contributed by atoms with Crippen LogP contribution in [0.25, 0.3) is 0 Å². The second-order valence-electron chi connectivity index (χ2n) is 4.54. The monoisotopic (exact) mass is 265 g/mol. The molecule has 1 unspecified atom stereocenters. The topological polar surface area (TPSA) is 45.2 Å². The van der Waals surface area contributed by atoms with Crippen molar-refractivity contribution >= 4 is 17.7 Å². The Morgan fingerprint density at radius 2 is 2.33 bits per heavy atom. The molecule has 1 amide bonds. The molecule has 1 N–H and O–H groups in total. The summed E-state index contributed by atoms with van der Waals surface area (Å²) in [6, 6.07) is 4.22. The summed E-state index contributed by atoms with van der Waals surface area (Å²) in [6.45, 7) is 1.66. The van der Waals surface area contributed by atoms with Crippen LogP contribution < -0.4 is 5.32 Å². The first-order valence-electron chi connectivity index (χ1n) is 6.19. The summed E-state index contributed by atoms with van der Waals surface area (Å²) >= 11 is 1.92. The van der Waals surface area contributed by atoms with Crippen LogP contribution in [0.1, 0.15) is 12.0 Å². The van der Waals surface area contributed by atoms with E-state index in [0.29, 0.717) is 19.0 Å². The number of pyridine rings is 1. The van der Waals surface area contributed by atoms with Gasteiger partial charge in [0.15, 0.2) is 0 Å². The molecule has 98 valence electrons. The number of carbonyl (C=O) groups is 1. The van der Waals surface area contributed by atoms with Crippen molar-refractivity contribution < 1.29 is 4.79 Å². The number of rotatable bonds is 4. The zero-order chi connectivity index (χ0) is 12.8. The van der Waals surface area contributed by atoms with Gasteiger partial charge in [0.2, 0.25) is 5.91 Å². The van der Waals surface area contributed by atoms with Crippen LogP contribution in [0.3, 0.4) is 0 Å². The summed E-state index contributed by atoms with van der Waals surface area (Å²) in [7, 11) is 1.86. The van der Waals surface area contributed by atoms with Gasteiger partial charge in [-0.15, -0.1) is 0 Å². The van der Waals surface area contributed by atoms with Crippen molar-refractivity contribution in [3.8, 4) is 0 Å². The number of hydrogen-bond donors (Lipinski definition) is 1.